The van der Waals surface area contributed by atoms with Crippen molar-refractivity contribution in [3.63, 3.8) is 0 Å². The van der Waals surface area contributed by atoms with Crippen molar-refractivity contribution in [1.82, 2.24) is 0 Å². The molecule has 2 atom stereocenters. The Morgan fingerprint density at radius 1 is 1.33 bits per heavy atom. The third-order valence-corrected chi connectivity index (χ3v) is 4.29. The van der Waals surface area contributed by atoms with Gasteiger partial charge < -0.3 is 16.2 Å². The smallest absolute Gasteiger partial charge is 0.306 e. The van der Waals surface area contributed by atoms with Crippen LogP contribution in [-0.2, 0) is 4.79 Å². The van der Waals surface area contributed by atoms with Crippen LogP contribution in [0.1, 0.15) is 41.6 Å². The number of primary amides is 1. The molecule has 1 aliphatic carbocycles. The summed E-state index contributed by atoms with van der Waals surface area (Å²) in [6, 6.07) is 5.39. The number of aliphatic carboxylic acids is 1. The molecule has 2 rings (SSSR count). The predicted octanol–water partition coefficient (Wildman–Crippen LogP) is 2.40. The molecule has 1 amide bonds. The first-order chi connectivity index (χ1) is 9.99. The minimum atomic E-state index is -0.693. The molecular weight excluding hydrogens is 268 g/mol. The van der Waals surface area contributed by atoms with Crippen molar-refractivity contribution in [2.75, 3.05) is 11.9 Å². The second kappa shape index (κ2) is 6.61. The van der Waals surface area contributed by atoms with Crippen LogP contribution in [0, 0.1) is 18.8 Å². The lowest BCUT2D eigenvalue weighted by Crippen LogP contribution is -2.31. The van der Waals surface area contributed by atoms with Gasteiger partial charge in [0.05, 0.1) is 5.92 Å². The zero-order chi connectivity index (χ0) is 15.4. The van der Waals surface area contributed by atoms with Gasteiger partial charge in [-0.3, -0.25) is 9.59 Å². The van der Waals surface area contributed by atoms with Gasteiger partial charge in [-0.2, -0.15) is 0 Å². The highest BCUT2D eigenvalue weighted by Gasteiger charge is 2.30. The highest BCUT2D eigenvalue weighted by Crippen LogP contribution is 2.30. The Morgan fingerprint density at radius 2 is 2.05 bits per heavy atom. The van der Waals surface area contributed by atoms with E-state index in [1.165, 1.54) is 0 Å². The van der Waals surface area contributed by atoms with E-state index in [0.717, 1.165) is 36.9 Å². The van der Waals surface area contributed by atoms with Crippen LogP contribution in [-0.4, -0.2) is 23.5 Å². The van der Waals surface area contributed by atoms with Gasteiger partial charge in [-0.05, 0) is 49.4 Å². The standard InChI is InChI=1S/C16H22N2O3/c1-10-8-12(6-7-13(10)15(17)19)18-9-11-4-2-3-5-14(11)16(20)21/h6-8,11,14,18H,2-5,9H2,1H3,(H2,17,19)(H,20,21). The van der Waals surface area contributed by atoms with E-state index in [2.05, 4.69) is 5.32 Å². The van der Waals surface area contributed by atoms with Crippen molar-refractivity contribution in [2.45, 2.75) is 32.6 Å². The average molecular weight is 290 g/mol. The van der Waals surface area contributed by atoms with E-state index in [1.807, 2.05) is 19.1 Å². The highest BCUT2D eigenvalue weighted by molar-refractivity contribution is 5.94. The first kappa shape index (κ1) is 15.4. The molecule has 114 valence electrons. The van der Waals surface area contributed by atoms with Gasteiger partial charge in [0.2, 0.25) is 5.91 Å². The predicted molar refractivity (Wildman–Crippen MR) is 81.3 cm³/mol. The fraction of sp³-hybridized carbons (Fsp3) is 0.500. The number of anilines is 1. The van der Waals surface area contributed by atoms with Crippen molar-refractivity contribution in [3.05, 3.63) is 29.3 Å². The molecular formula is C16H22N2O3. The molecule has 0 heterocycles. The fourth-order valence-corrected chi connectivity index (χ4v) is 3.08. The van der Waals surface area contributed by atoms with Gasteiger partial charge in [-0.25, -0.2) is 0 Å². The van der Waals surface area contributed by atoms with E-state index >= 15 is 0 Å². The SMILES string of the molecule is Cc1cc(NCC2CCCCC2C(=O)O)ccc1C(N)=O. The maximum Gasteiger partial charge on any atom is 0.306 e. The number of benzene rings is 1. The number of carbonyl (C=O) groups is 2. The summed E-state index contributed by atoms with van der Waals surface area (Å²) >= 11 is 0. The van der Waals surface area contributed by atoms with Gasteiger partial charge >= 0.3 is 5.97 Å². The number of nitrogens with one attached hydrogen (secondary N) is 1. The van der Waals surface area contributed by atoms with Crippen molar-refractivity contribution in [3.8, 4) is 0 Å². The second-order valence-electron chi connectivity index (χ2n) is 5.76. The number of rotatable bonds is 5. The Kier molecular flexibility index (Phi) is 4.83. The molecule has 1 aromatic carbocycles. The topological polar surface area (TPSA) is 92.4 Å². The summed E-state index contributed by atoms with van der Waals surface area (Å²) in [5.41, 5.74) is 7.52. The number of amides is 1. The maximum absolute atomic E-state index is 11.3. The van der Waals surface area contributed by atoms with Crippen LogP contribution in [0.2, 0.25) is 0 Å². The van der Waals surface area contributed by atoms with Gasteiger partial charge in [-0.15, -0.1) is 0 Å². The molecule has 1 aromatic rings. The van der Waals surface area contributed by atoms with E-state index in [1.54, 1.807) is 6.07 Å². The summed E-state index contributed by atoms with van der Waals surface area (Å²) in [6.45, 7) is 2.48. The molecule has 0 radical (unpaired) electrons. The van der Waals surface area contributed by atoms with Crippen LogP contribution >= 0.6 is 0 Å². The summed E-state index contributed by atoms with van der Waals surface area (Å²) in [4.78, 5) is 22.5. The second-order valence-corrected chi connectivity index (χ2v) is 5.76. The lowest BCUT2D eigenvalue weighted by molar-refractivity contribution is -0.144. The van der Waals surface area contributed by atoms with Crippen LogP contribution in [0.5, 0.6) is 0 Å². The fourth-order valence-electron chi connectivity index (χ4n) is 3.08. The summed E-state index contributed by atoms with van der Waals surface area (Å²) in [5.74, 6) is -1.22. The Labute approximate surface area is 124 Å². The van der Waals surface area contributed by atoms with Crippen molar-refractivity contribution >= 4 is 17.6 Å². The van der Waals surface area contributed by atoms with E-state index in [4.69, 9.17) is 5.73 Å². The zero-order valence-corrected chi connectivity index (χ0v) is 12.3. The van der Waals surface area contributed by atoms with E-state index in [9.17, 15) is 14.7 Å². The van der Waals surface area contributed by atoms with Gasteiger partial charge in [0, 0.05) is 17.8 Å². The van der Waals surface area contributed by atoms with Gasteiger partial charge in [0.1, 0.15) is 0 Å². The summed E-state index contributed by atoms with van der Waals surface area (Å²) < 4.78 is 0. The molecule has 4 N–H and O–H groups in total. The number of hydrogen-bond acceptors (Lipinski definition) is 3. The molecule has 0 aromatic heterocycles. The molecule has 5 heteroatoms. The van der Waals surface area contributed by atoms with Gasteiger partial charge in [0.25, 0.3) is 0 Å². The Hall–Kier alpha value is -2.04. The quantitative estimate of drug-likeness (QED) is 0.776. The Balaban J connectivity index is 2.00. The lowest BCUT2D eigenvalue weighted by Gasteiger charge is -2.29. The third-order valence-electron chi connectivity index (χ3n) is 4.29. The number of aryl methyl sites for hydroxylation is 1. The van der Waals surface area contributed by atoms with E-state index in [-0.39, 0.29) is 11.8 Å². The molecule has 1 fully saturated rings. The van der Waals surface area contributed by atoms with Crippen molar-refractivity contribution < 1.29 is 14.7 Å². The third kappa shape index (κ3) is 3.74. The molecule has 1 aliphatic rings. The largest absolute Gasteiger partial charge is 0.481 e. The van der Waals surface area contributed by atoms with Crippen molar-refractivity contribution in [2.24, 2.45) is 17.6 Å². The van der Waals surface area contributed by atoms with Crippen LogP contribution in [0.4, 0.5) is 5.69 Å². The maximum atomic E-state index is 11.3. The van der Waals surface area contributed by atoms with E-state index < -0.39 is 11.9 Å². The van der Waals surface area contributed by atoms with Crippen LogP contribution in [0.3, 0.4) is 0 Å². The van der Waals surface area contributed by atoms with Crippen LogP contribution < -0.4 is 11.1 Å². The van der Waals surface area contributed by atoms with Crippen LogP contribution in [0.15, 0.2) is 18.2 Å². The molecule has 0 bridgehead atoms. The summed E-state index contributed by atoms with van der Waals surface area (Å²) in [6.07, 6.45) is 3.80. The zero-order valence-electron chi connectivity index (χ0n) is 12.3. The first-order valence-electron chi connectivity index (χ1n) is 7.36. The number of hydrogen-bond donors (Lipinski definition) is 3. The molecule has 0 spiro atoms. The number of nitrogens with two attached hydrogens (primary N) is 1. The normalized spacial score (nSPS) is 21.8. The molecule has 5 nitrogen and oxygen atoms in total. The number of carboxylic acid groups (broad SMARTS) is 1. The Bertz CT molecular complexity index is 542. The summed E-state index contributed by atoms with van der Waals surface area (Å²) in [7, 11) is 0. The van der Waals surface area contributed by atoms with Gasteiger partial charge in [0.15, 0.2) is 0 Å². The average Bonchev–Trinajstić information content (AvgIpc) is 2.45. The lowest BCUT2D eigenvalue weighted by atomic mass is 9.79. The monoisotopic (exact) mass is 290 g/mol. The van der Waals surface area contributed by atoms with E-state index in [0.29, 0.717) is 12.1 Å². The number of carboxylic acids is 1. The van der Waals surface area contributed by atoms with Gasteiger partial charge in [-0.1, -0.05) is 12.8 Å². The van der Waals surface area contributed by atoms with Crippen molar-refractivity contribution in [1.29, 1.82) is 0 Å². The molecule has 21 heavy (non-hydrogen) atoms. The molecule has 0 aliphatic heterocycles. The first-order valence-corrected chi connectivity index (χ1v) is 7.36. The summed E-state index contributed by atoms with van der Waals surface area (Å²) in [5, 5.41) is 12.6. The minimum absolute atomic E-state index is 0.160. The number of carbonyl (C=O) groups excluding carboxylic acids is 1. The van der Waals surface area contributed by atoms with Crippen LogP contribution in [0.25, 0.3) is 0 Å². The molecule has 1 saturated carbocycles. The minimum Gasteiger partial charge on any atom is -0.481 e. The highest BCUT2D eigenvalue weighted by atomic mass is 16.4. The molecule has 0 saturated heterocycles. The molecule has 2 unspecified atom stereocenters. The Morgan fingerprint density at radius 3 is 2.67 bits per heavy atom.